The quantitative estimate of drug-likeness (QED) is 0.563. The molecule has 1 N–H and O–H groups in total. The van der Waals surface area contributed by atoms with Crippen LogP contribution in [0.15, 0.2) is 18.2 Å². The van der Waals surface area contributed by atoms with E-state index in [1.165, 1.54) is 19.1 Å². The highest BCUT2D eigenvalue weighted by Gasteiger charge is 2.62. The lowest BCUT2D eigenvalue weighted by atomic mass is 9.81. The second kappa shape index (κ2) is 7.61. The zero-order valence-electron chi connectivity index (χ0n) is 15.7. The van der Waals surface area contributed by atoms with Crippen LogP contribution in [0.1, 0.15) is 26.2 Å². The van der Waals surface area contributed by atoms with Crippen LogP contribution in [0.3, 0.4) is 0 Å². The molecular weight excluding hydrogens is 419 g/mol. The number of rotatable bonds is 5. The number of halogens is 2. The highest BCUT2D eigenvalue weighted by molar-refractivity contribution is 6.35. The lowest BCUT2D eigenvalue weighted by Crippen LogP contribution is -2.45. The third kappa shape index (κ3) is 3.51. The number of fused-ring (bicyclic) bond motifs is 5. The van der Waals surface area contributed by atoms with Gasteiger partial charge in [0.05, 0.1) is 22.5 Å². The first-order chi connectivity index (χ1) is 13.8. The molecule has 0 aromatic heterocycles. The number of nitrogens with zero attached hydrogens (tertiary/aromatic N) is 1. The van der Waals surface area contributed by atoms with Crippen molar-refractivity contribution in [1.82, 2.24) is 4.90 Å². The molecule has 2 saturated carbocycles. The van der Waals surface area contributed by atoms with Crippen LogP contribution in [0, 0.1) is 23.7 Å². The van der Waals surface area contributed by atoms with Gasteiger partial charge in [0, 0.05) is 5.02 Å². The van der Waals surface area contributed by atoms with Crippen molar-refractivity contribution in [1.29, 1.82) is 0 Å². The normalized spacial score (nSPS) is 28.4. The lowest BCUT2D eigenvalue weighted by Gasteiger charge is -2.23. The van der Waals surface area contributed by atoms with Crippen molar-refractivity contribution in [3.63, 3.8) is 0 Å². The van der Waals surface area contributed by atoms with E-state index in [2.05, 4.69) is 5.32 Å². The highest BCUT2D eigenvalue weighted by Crippen LogP contribution is 2.56. The molecule has 2 aliphatic carbocycles. The molecule has 1 heterocycles. The van der Waals surface area contributed by atoms with Gasteiger partial charge in [-0.15, -0.1) is 0 Å². The average molecular weight is 439 g/mol. The number of hydrogen-bond acceptors (Lipinski definition) is 5. The number of esters is 1. The van der Waals surface area contributed by atoms with E-state index in [4.69, 9.17) is 27.9 Å². The fraction of sp³-hybridized carbons (Fsp3) is 0.500. The molecule has 9 heteroatoms. The van der Waals surface area contributed by atoms with Gasteiger partial charge < -0.3 is 10.1 Å². The fourth-order valence-electron chi connectivity index (χ4n) is 4.96. The molecular formula is C20H20Cl2N2O5. The smallest absolute Gasteiger partial charge is 0.329 e. The number of anilines is 1. The van der Waals surface area contributed by atoms with E-state index in [9.17, 15) is 19.2 Å². The molecule has 1 aromatic carbocycles. The number of carbonyl (C=O) groups excluding carboxylic acids is 4. The van der Waals surface area contributed by atoms with Crippen molar-refractivity contribution in [2.45, 2.75) is 32.2 Å². The molecule has 3 aliphatic rings. The minimum atomic E-state index is -1.07. The van der Waals surface area contributed by atoms with Gasteiger partial charge in [-0.05, 0) is 56.2 Å². The SMILES string of the molecule is C[C@@H](C(=O)OCC(=O)Nc1cc(Cl)ccc1Cl)N1C(=O)[C@@H]2[C@H]3CC[C@@H](C3)[C@@H]2C1=O. The molecule has 1 saturated heterocycles. The Bertz CT molecular complexity index is 877. The Balaban J connectivity index is 1.35. The minimum absolute atomic E-state index is 0.239. The van der Waals surface area contributed by atoms with Crippen molar-refractivity contribution >= 4 is 52.6 Å². The van der Waals surface area contributed by atoms with E-state index < -0.39 is 24.5 Å². The first-order valence-electron chi connectivity index (χ1n) is 9.56. The van der Waals surface area contributed by atoms with E-state index in [-0.39, 0.29) is 40.5 Å². The summed E-state index contributed by atoms with van der Waals surface area (Å²) in [5, 5.41) is 3.18. The number of benzene rings is 1. The molecule has 4 rings (SSSR count). The predicted octanol–water partition coefficient (Wildman–Crippen LogP) is 2.89. The fourth-order valence-corrected chi connectivity index (χ4v) is 5.29. The van der Waals surface area contributed by atoms with Crippen molar-refractivity contribution in [3.05, 3.63) is 28.2 Å². The van der Waals surface area contributed by atoms with Gasteiger partial charge >= 0.3 is 5.97 Å². The molecule has 3 amide bonds. The van der Waals surface area contributed by atoms with Gasteiger partial charge in [0.1, 0.15) is 6.04 Å². The summed E-state index contributed by atoms with van der Waals surface area (Å²) >= 11 is 11.9. The summed E-state index contributed by atoms with van der Waals surface area (Å²) in [4.78, 5) is 51.1. The van der Waals surface area contributed by atoms with Crippen LogP contribution in [0.2, 0.25) is 10.0 Å². The van der Waals surface area contributed by atoms with E-state index in [1.54, 1.807) is 6.07 Å². The maximum Gasteiger partial charge on any atom is 0.329 e. The van der Waals surface area contributed by atoms with Crippen LogP contribution in [0.25, 0.3) is 0 Å². The Hall–Kier alpha value is -2.12. The first kappa shape index (κ1) is 20.2. The summed E-state index contributed by atoms with van der Waals surface area (Å²) in [6.45, 7) is 0.882. The van der Waals surface area contributed by atoms with Crippen LogP contribution >= 0.6 is 23.2 Å². The zero-order chi connectivity index (χ0) is 20.9. The Morgan fingerprint density at radius 3 is 2.41 bits per heavy atom. The second-order valence-corrected chi connectivity index (χ2v) is 8.73. The van der Waals surface area contributed by atoms with Crippen LogP contribution in [-0.2, 0) is 23.9 Å². The Morgan fingerprint density at radius 1 is 1.17 bits per heavy atom. The molecule has 154 valence electrons. The topological polar surface area (TPSA) is 92.8 Å². The van der Waals surface area contributed by atoms with Gasteiger partial charge in [0.25, 0.3) is 5.91 Å². The molecule has 0 unspecified atom stereocenters. The van der Waals surface area contributed by atoms with Gasteiger partial charge in [-0.1, -0.05) is 23.2 Å². The summed E-state index contributed by atoms with van der Waals surface area (Å²) < 4.78 is 5.04. The number of imide groups is 1. The third-order valence-electron chi connectivity index (χ3n) is 6.24. The Morgan fingerprint density at radius 2 is 1.79 bits per heavy atom. The van der Waals surface area contributed by atoms with E-state index in [1.807, 2.05) is 0 Å². The number of amides is 3. The highest BCUT2D eigenvalue weighted by atomic mass is 35.5. The molecule has 0 radical (unpaired) electrons. The van der Waals surface area contributed by atoms with Crippen molar-refractivity contribution in [2.24, 2.45) is 23.7 Å². The summed E-state index contributed by atoms with van der Waals surface area (Å²) in [6, 6.07) is 3.51. The first-order valence-corrected chi connectivity index (χ1v) is 10.3. The maximum atomic E-state index is 12.8. The van der Waals surface area contributed by atoms with Gasteiger partial charge in [-0.3, -0.25) is 19.3 Å². The molecule has 1 aromatic rings. The van der Waals surface area contributed by atoms with E-state index in [0.29, 0.717) is 10.7 Å². The van der Waals surface area contributed by atoms with Crippen LogP contribution in [-0.4, -0.2) is 41.2 Å². The Labute approximate surface area is 177 Å². The molecule has 1 aliphatic heterocycles. The average Bonchev–Trinajstić information content (AvgIpc) is 3.36. The van der Waals surface area contributed by atoms with E-state index in [0.717, 1.165) is 24.2 Å². The summed E-state index contributed by atoms with van der Waals surface area (Å²) in [7, 11) is 0. The molecule has 0 spiro atoms. The molecule has 5 atom stereocenters. The number of ether oxygens (including phenoxy) is 1. The monoisotopic (exact) mass is 438 g/mol. The predicted molar refractivity (Wildman–Crippen MR) is 105 cm³/mol. The summed E-state index contributed by atoms with van der Waals surface area (Å²) in [5.41, 5.74) is 0.293. The lowest BCUT2D eigenvalue weighted by molar-refractivity contribution is -0.159. The molecule has 3 fully saturated rings. The van der Waals surface area contributed by atoms with Gasteiger partial charge in [0.15, 0.2) is 6.61 Å². The van der Waals surface area contributed by atoms with Crippen LogP contribution in [0.5, 0.6) is 0 Å². The van der Waals surface area contributed by atoms with Gasteiger partial charge in [-0.25, -0.2) is 4.79 Å². The summed E-state index contributed by atoms with van der Waals surface area (Å²) in [6.07, 6.45) is 2.85. The third-order valence-corrected chi connectivity index (χ3v) is 6.80. The van der Waals surface area contributed by atoms with Crippen molar-refractivity contribution < 1.29 is 23.9 Å². The van der Waals surface area contributed by atoms with Crippen LogP contribution < -0.4 is 5.32 Å². The minimum Gasteiger partial charge on any atom is -0.454 e. The largest absolute Gasteiger partial charge is 0.454 e. The second-order valence-electron chi connectivity index (χ2n) is 7.89. The molecule has 7 nitrogen and oxygen atoms in total. The number of nitrogens with one attached hydrogen (secondary N) is 1. The molecule has 29 heavy (non-hydrogen) atoms. The zero-order valence-corrected chi connectivity index (χ0v) is 17.2. The van der Waals surface area contributed by atoms with Gasteiger partial charge in [0.2, 0.25) is 11.8 Å². The Kier molecular flexibility index (Phi) is 5.29. The van der Waals surface area contributed by atoms with Crippen molar-refractivity contribution in [2.75, 3.05) is 11.9 Å². The standard InChI is InChI=1S/C20H20Cl2N2O5/c1-9(24-18(26)16-10-2-3-11(6-10)17(16)19(24)27)20(28)29-8-15(25)23-14-7-12(21)4-5-13(14)22/h4-5,7,9-11,16-17H,2-3,6,8H2,1H3,(H,23,25)/t9-,10-,11-,16-,17+/m0/s1. The number of carbonyl (C=O) groups is 4. The number of likely N-dealkylation sites (tertiary alicyclic amines) is 1. The number of hydrogen-bond donors (Lipinski definition) is 1. The summed E-state index contributed by atoms with van der Waals surface area (Å²) in [5.74, 6) is -2.10. The van der Waals surface area contributed by atoms with Crippen molar-refractivity contribution in [3.8, 4) is 0 Å². The van der Waals surface area contributed by atoms with Crippen LogP contribution in [0.4, 0.5) is 5.69 Å². The molecule has 2 bridgehead atoms. The maximum absolute atomic E-state index is 12.8. The van der Waals surface area contributed by atoms with Gasteiger partial charge in [-0.2, -0.15) is 0 Å². The van der Waals surface area contributed by atoms with E-state index >= 15 is 0 Å².